The molecule has 0 aromatic rings. The highest BCUT2D eigenvalue weighted by Gasteiger charge is 1.87. The van der Waals surface area contributed by atoms with Gasteiger partial charge in [-0.2, -0.15) is 0 Å². The van der Waals surface area contributed by atoms with Gasteiger partial charge in [0, 0.05) is 10.7 Å². The van der Waals surface area contributed by atoms with E-state index in [1.54, 1.807) is 6.21 Å². The third kappa shape index (κ3) is 0.684. The van der Waals surface area contributed by atoms with Crippen LogP contribution in [0, 0.1) is 0 Å². The molecule has 0 bridgehead atoms. The summed E-state index contributed by atoms with van der Waals surface area (Å²) in [6.45, 7) is 0.848. The van der Waals surface area contributed by atoms with Gasteiger partial charge in [-0.1, -0.05) is 0 Å². The second kappa shape index (κ2) is 1.56. The summed E-state index contributed by atoms with van der Waals surface area (Å²) in [6, 6.07) is 0. The number of hydrogen-bond acceptors (Lipinski definition) is 1. The predicted octanol–water partition coefficient (Wildman–Crippen LogP) is 1.35. The van der Waals surface area contributed by atoms with Crippen LogP contribution in [0.3, 0.4) is 0 Å². The molecule has 0 aromatic carbocycles. The summed E-state index contributed by atoms with van der Waals surface area (Å²) in [4.78, 5) is 3.90. The van der Waals surface area contributed by atoms with Crippen LogP contribution in [0.15, 0.2) is 15.6 Å². The fourth-order valence-corrected chi connectivity index (χ4v) is 0.622. The van der Waals surface area contributed by atoms with E-state index in [4.69, 9.17) is 0 Å². The Morgan fingerprint density at radius 1 is 1.83 bits per heavy atom. The molecule has 32 valence electrons. The SMILES string of the molecule is BrC1=CCN=C1. The first-order valence-electron chi connectivity index (χ1n) is 1.75. The number of aliphatic imine (C=N–C) groups is 1. The van der Waals surface area contributed by atoms with Crippen LogP contribution in [0.25, 0.3) is 0 Å². The van der Waals surface area contributed by atoms with Gasteiger partial charge in [-0.25, -0.2) is 0 Å². The van der Waals surface area contributed by atoms with Crippen molar-refractivity contribution in [1.82, 2.24) is 0 Å². The van der Waals surface area contributed by atoms with Gasteiger partial charge in [0.15, 0.2) is 0 Å². The fraction of sp³-hybridized carbons (Fsp3) is 0.250. The van der Waals surface area contributed by atoms with Gasteiger partial charge in [0.05, 0.1) is 6.54 Å². The van der Waals surface area contributed by atoms with Crippen LogP contribution in [0.2, 0.25) is 0 Å². The summed E-state index contributed by atoms with van der Waals surface area (Å²) in [5.74, 6) is 0. The van der Waals surface area contributed by atoms with E-state index < -0.39 is 0 Å². The lowest BCUT2D eigenvalue weighted by atomic mass is 10.6. The van der Waals surface area contributed by atoms with Crippen molar-refractivity contribution in [2.24, 2.45) is 4.99 Å². The molecule has 1 heterocycles. The molecule has 1 aliphatic rings. The first kappa shape index (κ1) is 4.06. The Hall–Kier alpha value is -0.110. The molecule has 0 unspecified atom stereocenters. The summed E-state index contributed by atoms with van der Waals surface area (Å²) in [7, 11) is 0. The van der Waals surface area contributed by atoms with Crippen LogP contribution < -0.4 is 0 Å². The molecule has 1 nitrogen and oxygen atoms in total. The van der Waals surface area contributed by atoms with Crippen LogP contribution in [0.4, 0.5) is 0 Å². The van der Waals surface area contributed by atoms with E-state index in [2.05, 4.69) is 20.9 Å². The Morgan fingerprint density at radius 2 is 2.67 bits per heavy atom. The third-order valence-corrected chi connectivity index (χ3v) is 1.13. The number of nitrogens with zero attached hydrogens (tertiary/aromatic N) is 1. The Balaban J connectivity index is 2.68. The van der Waals surface area contributed by atoms with Gasteiger partial charge in [0.2, 0.25) is 0 Å². The number of halogens is 1. The number of rotatable bonds is 0. The van der Waals surface area contributed by atoms with Crippen molar-refractivity contribution < 1.29 is 0 Å². The second-order valence-electron chi connectivity index (χ2n) is 1.08. The molecule has 0 saturated carbocycles. The minimum Gasteiger partial charge on any atom is -0.288 e. The second-order valence-corrected chi connectivity index (χ2v) is 2.00. The Morgan fingerprint density at radius 3 is 2.83 bits per heavy atom. The first-order chi connectivity index (χ1) is 2.89. The standard InChI is InChI=1S/C4H4BrN/c5-4-1-2-6-3-4/h1,3H,2H2. The Kier molecular flexibility index (Phi) is 1.05. The van der Waals surface area contributed by atoms with Gasteiger partial charge < -0.3 is 0 Å². The molecule has 0 N–H and O–H groups in total. The third-order valence-electron chi connectivity index (χ3n) is 0.606. The lowest BCUT2D eigenvalue weighted by Gasteiger charge is -1.66. The van der Waals surface area contributed by atoms with E-state index in [0.29, 0.717) is 0 Å². The molecule has 0 aromatic heterocycles. The molecule has 0 atom stereocenters. The molecule has 1 rings (SSSR count). The summed E-state index contributed by atoms with van der Waals surface area (Å²) < 4.78 is 1.10. The quantitative estimate of drug-likeness (QED) is 0.489. The van der Waals surface area contributed by atoms with Crippen LogP contribution >= 0.6 is 15.9 Å². The highest BCUT2D eigenvalue weighted by molar-refractivity contribution is 9.12. The maximum atomic E-state index is 3.90. The summed E-state index contributed by atoms with van der Waals surface area (Å²) in [5, 5.41) is 0. The molecule has 0 aliphatic carbocycles. The average Bonchev–Trinajstić information content (AvgIpc) is 1.86. The Bertz CT molecular complexity index is 101. The van der Waals surface area contributed by atoms with Crippen molar-refractivity contribution in [2.45, 2.75) is 0 Å². The van der Waals surface area contributed by atoms with Crippen LogP contribution in [-0.2, 0) is 0 Å². The lowest BCUT2D eigenvalue weighted by molar-refractivity contribution is 1.29. The van der Waals surface area contributed by atoms with Crippen molar-refractivity contribution in [2.75, 3.05) is 6.54 Å². The maximum Gasteiger partial charge on any atom is 0.0585 e. The van der Waals surface area contributed by atoms with Crippen molar-refractivity contribution in [3.05, 3.63) is 10.6 Å². The largest absolute Gasteiger partial charge is 0.288 e. The topological polar surface area (TPSA) is 12.4 Å². The molecule has 0 radical (unpaired) electrons. The van der Waals surface area contributed by atoms with Crippen molar-refractivity contribution in [3.63, 3.8) is 0 Å². The van der Waals surface area contributed by atoms with E-state index >= 15 is 0 Å². The van der Waals surface area contributed by atoms with Crippen LogP contribution in [-0.4, -0.2) is 12.8 Å². The zero-order valence-electron chi connectivity index (χ0n) is 3.19. The van der Waals surface area contributed by atoms with Gasteiger partial charge >= 0.3 is 0 Å². The van der Waals surface area contributed by atoms with Crippen molar-refractivity contribution >= 4 is 22.1 Å². The normalized spacial score (nSPS) is 18.5. The van der Waals surface area contributed by atoms with Gasteiger partial charge in [-0.15, -0.1) is 0 Å². The van der Waals surface area contributed by atoms with E-state index in [0.717, 1.165) is 11.0 Å². The van der Waals surface area contributed by atoms with E-state index in [1.807, 2.05) is 6.08 Å². The smallest absolute Gasteiger partial charge is 0.0585 e. The van der Waals surface area contributed by atoms with Crippen molar-refractivity contribution in [3.8, 4) is 0 Å². The molecule has 0 fully saturated rings. The molecule has 6 heavy (non-hydrogen) atoms. The fourth-order valence-electron chi connectivity index (χ4n) is 0.333. The summed E-state index contributed by atoms with van der Waals surface area (Å²) in [6.07, 6.45) is 3.82. The van der Waals surface area contributed by atoms with Gasteiger partial charge in [-0.3, -0.25) is 4.99 Å². The van der Waals surface area contributed by atoms with Gasteiger partial charge in [-0.05, 0) is 22.0 Å². The zero-order chi connectivity index (χ0) is 4.41. The van der Waals surface area contributed by atoms with Crippen molar-refractivity contribution in [1.29, 1.82) is 0 Å². The monoisotopic (exact) mass is 145 g/mol. The highest BCUT2D eigenvalue weighted by Crippen LogP contribution is 2.04. The van der Waals surface area contributed by atoms with Crippen LogP contribution in [0.1, 0.15) is 0 Å². The molecular formula is C4H4BrN. The summed E-state index contributed by atoms with van der Waals surface area (Å²) in [5.41, 5.74) is 0. The molecule has 2 heteroatoms. The molecule has 0 spiro atoms. The summed E-state index contributed by atoms with van der Waals surface area (Å²) >= 11 is 3.25. The van der Waals surface area contributed by atoms with E-state index in [-0.39, 0.29) is 0 Å². The predicted molar refractivity (Wildman–Crippen MR) is 30.4 cm³/mol. The first-order valence-corrected chi connectivity index (χ1v) is 2.54. The van der Waals surface area contributed by atoms with E-state index in [9.17, 15) is 0 Å². The maximum absolute atomic E-state index is 3.90. The van der Waals surface area contributed by atoms with Gasteiger partial charge in [0.1, 0.15) is 0 Å². The number of allylic oxidation sites excluding steroid dienone is 1. The van der Waals surface area contributed by atoms with Crippen LogP contribution in [0.5, 0.6) is 0 Å². The molecule has 0 amide bonds. The molecular weight excluding hydrogens is 142 g/mol. The molecule has 1 aliphatic heterocycles. The van der Waals surface area contributed by atoms with E-state index in [1.165, 1.54) is 0 Å². The molecule has 0 saturated heterocycles. The Labute approximate surface area is 44.9 Å². The highest BCUT2D eigenvalue weighted by atomic mass is 79.9. The number of hydrogen-bond donors (Lipinski definition) is 0. The van der Waals surface area contributed by atoms with Gasteiger partial charge in [0.25, 0.3) is 0 Å². The minimum absolute atomic E-state index is 0.848. The minimum atomic E-state index is 0.848. The average molecular weight is 146 g/mol. The zero-order valence-corrected chi connectivity index (χ0v) is 4.77. The lowest BCUT2D eigenvalue weighted by Crippen LogP contribution is -1.56.